The summed E-state index contributed by atoms with van der Waals surface area (Å²) in [5.74, 6) is -1.46. The summed E-state index contributed by atoms with van der Waals surface area (Å²) in [7, 11) is 1.53. The lowest BCUT2D eigenvalue weighted by Crippen LogP contribution is -2.25. The van der Waals surface area contributed by atoms with Gasteiger partial charge in [-0.1, -0.05) is 19.1 Å². The molecule has 30 heavy (non-hydrogen) atoms. The molecule has 0 N–H and O–H groups in total. The van der Waals surface area contributed by atoms with Gasteiger partial charge < -0.3 is 4.90 Å². The summed E-state index contributed by atoms with van der Waals surface area (Å²) < 4.78 is 28.0. The van der Waals surface area contributed by atoms with Crippen molar-refractivity contribution in [1.29, 1.82) is 0 Å². The molecule has 0 spiro atoms. The highest BCUT2D eigenvalue weighted by molar-refractivity contribution is 5.96. The first kappa shape index (κ1) is 21.2. The van der Waals surface area contributed by atoms with Gasteiger partial charge in [0.1, 0.15) is 5.82 Å². The summed E-state index contributed by atoms with van der Waals surface area (Å²) in [6, 6.07) is 11.0. The third-order valence-electron chi connectivity index (χ3n) is 4.82. The van der Waals surface area contributed by atoms with Gasteiger partial charge in [-0.05, 0) is 36.8 Å². The van der Waals surface area contributed by atoms with Crippen LogP contribution in [0.3, 0.4) is 0 Å². The van der Waals surface area contributed by atoms with Gasteiger partial charge >= 0.3 is 0 Å². The fraction of sp³-hybridized carbons (Fsp3) is 0.217. The zero-order valence-electron chi connectivity index (χ0n) is 16.7. The Bertz CT molecular complexity index is 1070. The van der Waals surface area contributed by atoms with Gasteiger partial charge in [0, 0.05) is 49.0 Å². The summed E-state index contributed by atoms with van der Waals surface area (Å²) in [5.41, 5.74) is 2.01. The first-order valence-corrected chi connectivity index (χ1v) is 9.55. The number of Topliss-reactive ketones (excluding diaryl/α,β-unsaturated/α-hetero) is 1. The molecule has 7 heteroatoms. The minimum absolute atomic E-state index is 0.130. The molecule has 3 aromatic rings. The summed E-state index contributed by atoms with van der Waals surface area (Å²) in [4.78, 5) is 33.2. The van der Waals surface area contributed by atoms with Crippen LogP contribution in [0, 0.1) is 11.8 Å². The number of ketones is 1. The van der Waals surface area contributed by atoms with Crippen molar-refractivity contribution in [3.63, 3.8) is 0 Å². The van der Waals surface area contributed by atoms with Crippen LogP contribution in [0.4, 0.5) is 14.5 Å². The van der Waals surface area contributed by atoms with Crippen LogP contribution in [0.5, 0.6) is 0 Å². The molecule has 0 saturated heterocycles. The molecule has 0 atom stereocenters. The molecule has 0 aliphatic heterocycles. The standard InChI is InChI=1S/C23H21F2N3O2/c1-3-22(30)28(2)20-10-7-16(13-18(20)24)19-9-6-17(14-27-19)21(29)11-8-15-5-4-12-26-23(15)25/h4-7,9-10,12-14H,3,8,11H2,1-2H3. The zero-order valence-corrected chi connectivity index (χ0v) is 16.7. The molecule has 0 fully saturated rings. The molecule has 154 valence electrons. The molecule has 0 bridgehead atoms. The maximum Gasteiger partial charge on any atom is 0.226 e. The number of aryl methyl sites for hydroxylation is 1. The Kier molecular flexibility index (Phi) is 6.61. The smallest absolute Gasteiger partial charge is 0.226 e. The van der Waals surface area contributed by atoms with Gasteiger partial charge in [0.2, 0.25) is 11.9 Å². The number of carbonyl (C=O) groups excluding carboxylic acids is 2. The van der Waals surface area contributed by atoms with Crippen LogP contribution in [0.1, 0.15) is 35.7 Å². The van der Waals surface area contributed by atoms with Crippen molar-refractivity contribution >= 4 is 17.4 Å². The Morgan fingerprint density at radius 2 is 1.87 bits per heavy atom. The first-order valence-electron chi connectivity index (χ1n) is 9.55. The summed E-state index contributed by atoms with van der Waals surface area (Å²) in [6.45, 7) is 1.71. The van der Waals surface area contributed by atoms with E-state index in [1.54, 1.807) is 37.3 Å². The third kappa shape index (κ3) is 4.74. The number of rotatable bonds is 7. The summed E-state index contributed by atoms with van der Waals surface area (Å²) >= 11 is 0. The number of nitrogens with zero attached hydrogens (tertiary/aromatic N) is 3. The predicted octanol–water partition coefficient (Wildman–Crippen LogP) is 4.61. The number of hydrogen-bond donors (Lipinski definition) is 0. The molecule has 1 aromatic carbocycles. The Hall–Kier alpha value is -3.48. The predicted molar refractivity (Wildman–Crippen MR) is 110 cm³/mol. The number of pyridine rings is 2. The molecule has 0 radical (unpaired) electrons. The van der Waals surface area contributed by atoms with Crippen molar-refractivity contribution in [1.82, 2.24) is 9.97 Å². The molecule has 1 amide bonds. The van der Waals surface area contributed by atoms with E-state index in [0.717, 1.165) is 0 Å². The van der Waals surface area contributed by atoms with Gasteiger partial charge in [-0.3, -0.25) is 14.6 Å². The highest BCUT2D eigenvalue weighted by Crippen LogP contribution is 2.25. The maximum absolute atomic E-state index is 14.5. The van der Waals surface area contributed by atoms with E-state index in [9.17, 15) is 18.4 Å². The second-order valence-corrected chi connectivity index (χ2v) is 6.78. The Morgan fingerprint density at radius 1 is 1.07 bits per heavy atom. The third-order valence-corrected chi connectivity index (χ3v) is 4.82. The lowest BCUT2D eigenvalue weighted by Gasteiger charge is -2.17. The minimum Gasteiger partial charge on any atom is -0.313 e. The van der Waals surface area contributed by atoms with Crippen LogP contribution in [0.15, 0.2) is 54.9 Å². The normalized spacial score (nSPS) is 10.7. The molecular formula is C23H21F2N3O2. The number of benzene rings is 1. The number of halogens is 2. The molecule has 5 nitrogen and oxygen atoms in total. The SMILES string of the molecule is CCC(=O)N(C)c1ccc(-c2ccc(C(=O)CCc3cccnc3F)cn2)cc1F. The maximum atomic E-state index is 14.5. The van der Waals surface area contributed by atoms with Crippen molar-refractivity contribution in [3.05, 3.63) is 77.8 Å². The van der Waals surface area contributed by atoms with Gasteiger partial charge in [-0.15, -0.1) is 0 Å². The largest absolute Gasteiger partial charge is 0.313 e. The Morgan fingerprint density at radius 3 is 2.50 bits per heavy atom. The van der Waals surface area contributed by atoms with Crippen LogP contribution in [0.25, 0.3) is 11.3 Å². The quantitative estimate of drug-likeness (QED) is 0.422. The Labute approximate surface area is 173 Å². The van der Waals surface area contributed by atoms with Crippen molar-refractivity contribution < 1.29 is 18.4 Å². The van der Waals surface area contributed by atoms with E-state index in [0.29, 0.717) is 22.4 Å². The van der Waals surface area contributed by atoms with Crippen LogP contribution in [0.2, 0.25) is 0 Å². The monoisotopic (exact) mass is 409 g/mol. The molecule has 0 saturated carbocycles. The number of aromatic nitrogens is 2. The van der Waals surface area contributed by atoms with E-state index in [4.69, 9.17) is 0 Å². The van der Waals surface area contributed by atoms with Crippen LogP contribution >= 0.6 is 0 Å². The van der Waals surface area contributed by atoms with Crippen molar-refractivity contribution in [3.8, 4) is 11.3 Å². The van der Waals surface area contributed by atoms with Crippen molar-refractivity contribution in [2.75, 3.05) is 11.9 Å². The molecule has 0 aliphatic rings. The lowest BCUT2D eigenvalue weighted by atomic mass is 10.0. The van der Waals surface area contributed by atoms with Crippen LogP contribution in [-0.4, -0.2) is 28.7 Å². The van der Waals surface area contributed by atoms with Gasteiger partial charge in [0.15, 0.2) is 5.78 Å². The Balaban J connectivity index is 1.71. The number of anilines is 1. The molecule has 2 aromatic heterocycles. The van der Waals surface area contributed by atoms with Gasteiger partial charge in [0.25, 0.3) is 0 Å². The number of carbonyl (C=O) groups is 2. The van der Waals surface area contributed by atoms with Crippen LogP contribution < -0.4 is 4.90 Å². The molecule has 0 aliphatic carbocycles. The second kappa shape index (κ2) is 9.35. The minimum atomic E-state index is -0.574. The van der Waals surface area contributed by atoms with Crippen LogP contribution in [-0.2, 0) is 11.2 Å². The molecule has 2 heterocycles. The average molecular weight is 409 g/mol. The van der Waals surface area contributed by atoms with E-state index in [-0.39, 0.29) is 36.6 Å². The van der Waals surface area contributed by atoms with Gasteiger partial charge in [-0.25, -0.2) is 9.37 Å². The highest BCUT2D eigenvalue weighted by atomic mass is 19.1. The van der Waals surface area contributed by atoms with E-state index in [1.807, 2.05) is 0 Å². The molecule has 3 rings (SSSR count). The van der Waals surface area contributed by atoms with Gasteiger partial charge in [0.05, 0.1) is 11.4 Å². The van der Waals surface area contributed by atoms with Crippen molar-refractivity contribution in [2.45, 2.75) is 26.2 Å². The topological polar surface area (TPSA) is 63.2 Å². The van der Waals surface area contributed by atoms with Crippen molar-refractivity contribution in [2.24, 2.45) is 0 Å². The zero-order chi connectivity index (χ0) is 21.7. The highest BCUT2D eigenvalue weighted by Gasteiger charge is 2.15. The van der Waals surface area contributed by atoms with Gasteiger partial charge in [-0.2, -0.15) is 4.39 Å². The number of hydrogen-bond acceptors (Lipinski definition) is 4. The number of amides is 1. The lowest BCUT2D eigenvalue weighted by molar-refractivity contribution is -0.118. The van der Waals surface area contributed by atoms with E-state index >= 15 is 0 Å². The fourth-order valence-corrected chi connectivity index (χ4v) is 3.04. The second-order valence-electron chi connectivity index (χ2n) is 6.78. The average Bonchev–Trinajstić information content (AvgIpc) is 2.77. The molecular weight excluding hydrogens is 388 g/mol. The molecule has 0 unspecified atom stereocenters. The van der Waals surface area contributed by atoms with E-state index < -0.39 is 11.8 Å². The summed E-state index contributed by atoms with van der Waals surface area (Å²) in [5, 5.41) is 0. The fourth-order valence-electron chi connectivity index (χ4n) is 3.04. The van der Waals surface area contributed by atoms with E-state index in [1.165, 1.54) is 36.5 Å². The van der Waals surface area contributed by atoms with E-state index in [2.05, 4.69) is 9.97 Å². The summed E-state index contributed by atoms with van der Waals surface area (Å²) in [6.07, 6.45) is 3.44. The first-order chi connectivity index (χ1) is 14.4.